The average molecular weight is 251 g/mol. The molecular weight excluding hydrogens is 240 g/mol. The van der Waals surface area contributed by atoms with Crippen molar-refractivity contribution < 1.29 is 0 Å². The van der Waals surface area contributed by atoms with Gasteiger partial charge >= 0.3 is 0 Å². The molecule has 0 bridgehead atoms. The molecule has 3 heteroatoms. The highest BCUT2D eigenvalue weighted by Crippen LogP contribution is 2.15. The fourth-order valence-corrected chi connectivity index (χ4v) is 1.75. The normalized spacial score (nSPS) is 10.5. The summed E-state index contributed by atoms with van der Waals surface area (Å²) < 4.78 is 3.18. The minimum Gasteiger partial charge on any atom is -0.304 e. The lowest BCUT2D eigenvalue weighted by Crippen LogP contribution is -1.94. The lowest BCUT2D eigenvalue weighted by molar-refractivity contribution is 0.974. The number of nitrogens with zero attached hydrogens (tertiary/aromatic N) is 2. The van der Waals surface area contributed by atoms with E-state index in [1.165, 1.54) is 0 Å². The van der Waals surface area contributed by atoms with Crippen LogP contribution in [0.3, 0.4) is 0 Å². The van der Waals surface area contributed by atoms with Crippen LogP contribution in [0.5, 0.6) is 0 Å². The van der Waals surface area contributed by atoms with Gasteiger partial charge in [-0.1, -0.05) is 15.9 Å². The molecule has 0 amide bonds. The van der Waals surface area contributed by atoms with Gasteiger partial charge in [-0.05, 0) is 38.1 Å². The van der Waals surface area contributed by atoms with Gasteiger partial charge in [-0.2, -0.15) is 0 Å². The molecule has 0 unspecified atom stereocenters. The number of halogens is 1. The zero-order valence-electron chi connectivity index (χ0n) is 8.16. The van der Waals surface area contributed by atoms with Gasteiger partial charge in [0.05, 0.1) is 5.69 Å². The molecule has 1 aromatic heterocycles. The molecule has 2 rings (SSSR count). The van der Waals surface area contributed by atoms with E-state index in [-0.39, 0.29) is 0 Å². The summed E-state index contributed by atoms with van der Waals surface area (Å²) in [4.78, 5) is 4.36. The molecule has 0 aliphatic rings. The molecule has 0 N–H and O–H groups in total. The molecule has 14 heavy (non-hydrogen) atoms. The Morgan fingerprint density at radius 3 is 2.29 bits per heavy atom. The molecule has 2 nitrogen and oxygen atoms in total. The Bertz CT molecular complexity index is 443. The lowest BCUT2D eigenvalue weighted by atomic mass is 10.3. The number of benzene rings is 1. The third-order valence-corrected chi connectivity index (χ3v) is 2.64. The van der Waals surface area contributed by atoms with Crippen LogP contribution in [-0.4, -0.2) is 9.55 Å². The minimum absolute atomic E-state index is 1.02. The number of aromatic nitrogens is 2. The Hall–Kier alpha value is -1.09. The summed E-state index contributed by atoms with van der Waals surface area (Å²) in [6.45, 7) is 4.01. The van der Waals surface area contributed by atoms with Gasteiger partial charge in [-0.15, -0.1) is 0 Å². The zero-order valence-corrected chi connectivity index (χ0v) is 9.75. The van der Waals surface area contributed by atoms with Crippen molar-refractivity contribution in [2.75, 3.05) is 0 Å². The first-order valence-corrected chi connectivity index (χ1v) is 5.24. The lowest BCUT2D eigenvalue weighted by Gasteiger charge is -2.03. The van der Waals surface area contributed by atoms with Gasteiger partial charge < -0.3 is 4.57 Å². The number of aryl methyl sites for hydroxylation is 2. The van der Waals surface area contributed by atoms with Gasteiger partial charge in [0.1, 0.15) is 5.82 Å². The van der Waals surface area contributed by atoms with Crippen LogP contribution < -0.4 is 0 Å². The van der Waals surface area contributed by atoms with Crippen LogP contribution in [-0.2, 0) is 0 Å². The summed E-state index contributed by atoms with van der Waals surface area (Å²) in [5, 5.41) is 0. The largest absolute Gasteiger partial charge is 0.304 e. The Labute approximate surface area is 91.7 Å². The third kappa shape index (κ3) is 1.73. The van der Waals surface area contributed by atoms with Crippen LogP contribution in [0.1, 0.15) is 11.5 Å². The molecule has 2 aromatic rings. The number of rotatable bonds is 1. The van der Waals surface area contributed by atoms with Crippen LogP contribution in [0, 0.1) is 13.8 Å². The van der Waals surface area contributed by atoms with Crippen molar-refractivity contribution in [1.29, 1.82) is 0 Å². The molecule has 0 atom stereocenters. The predicted octanol–water partition coefficient (Wildman–Crippen LogP) is 3.25. The molecule has 0 saturated heterocycles. The molecule has 0 aliphatic heterocycles. The minimum atomic E-state index is 1.02. The average Bonchev–Trinajstić information content (AvgIpc) is 2.47. The molecule has 0 fully saturated rings. The van der Waals surface area contributed by atoms with E-state index < -0.39 is 0 Å². The van der Waals surface area contributed by atoms with Crippen molar-refractivity contribution >= 4 is 15.9 Å². The monoisotopic (exact) mass is 250 g/mol. The van der Waals surface area contributed by atoms with Crippen molar-refractivity contribution in [3.63, 3.8) is 0 Å². The SMILES string of the molecule is Cc1cn(-c2ccc(Br)cc2)c(C)n1. The Morgan fingerprint density at radius 1 is 1.14 bits per heavy atom. The smallest absolute Gasteiger partial charge is 0.110 e. The van der Waals surface area contributed by atoms with Gasteiger partial charge in [0.25, 0.3) is 0 Å². The number of hydrogen-bond acceptors (Lipinski definition) is 1. The first kappa shape index (κ1) is 9.46. The summed E-state index contributed by atoms with van der Waals surface area (Å²) in [5.41, 5.74) is 2.19. The molecule has 0 radical (unpaired) electrons. The second kappa shape index (κ2) is 3.58. The molecule has 72 valence electrons. The van der Waals surface area contributed by atoms with Crippen LogP contribution in [0.15, 0.2) is 34.9 Å². The third-order valence-electron chi connectivity index (χ3n) is 2.11. The first-order chi connectivity index (χ1) is 6.66. The van der Waals surface area contributed by atoms with Gasteiger partial charge in [-0.25, -0.2) is 4.98 Å². The van der Waals surface area contributed by atoms with Crippen molar-refractivity contribution in [2.24, 2.45) is 0 Å². The van der Waals surface area contributed by atoms with E-state index in [4.69, 9.17) is 0 Å². The van der Waals surface area contributed by atoms with E-state index in [0.717, 1.165) is 21.7 Å². The molecular formula is C11H11BrN2. The van der Waals surface area contributed by atoms with E-state index in [1.54, 1.807) is 0 Å². The summed E-state index contributed by atoms with van der Waals surface area (Å²) in [5.74, 6) is 1.02. The highest BCUT2D eigenvalue weighted by atomic mass is 79.9. The van der Waals surface area contributed by atoms with Gasteiger partial charge in [-0.3, -0.25) is 0 Å². The summed E-state index contributed by atoms with van der Waals surface area (Å²) in [7, 11) is 0. The quantitative estimate of drug-likeness (QED) is 0.760. The molecule has 1 aromatic carbocycles. The Balaban J connectivity index is 2.49. The van der Waals surface area contributed by atoms with Gasteiger partial charge in [0.15, 0.2) is 0 Å². The highest BCUT2D eigenvalue weighted by Gasteiger charge is 2.02. The van der Waals surface area contributed by atoms with Crippen LogP contribution in [0.2, 0.25) is 0 Å². The van der Waals surface area contributed by atoms with Crippen molar-refractivity contribution in [2.45, 2.75) is 13.8 Å². The second-order valence-electron chi connectivity index (χ2n) is 3.28. The summed E-state index contributed by atoms with van der Waals surface area (Å²) >= 11 is 3.42. The van der Waals surface area contributed by atoms with Gasteiger partial charge in [0.2, 0.25) is 0 Å². The highest BCUT2D eigenvalue weighted by molar-refractivity contribution is 9.10. The fraction of sp³-hybridized carbons (Fsp3) is 0.182. The Morgan fingerprint density at radius 2 is 1.79 bits per heavy atom. The van der Waals surface area contributed by atoms with Crippen LogP contribution in [0.4, 0.5) is 0 Å². The molecule has 1 heterocycles. The van der Waals surface area contributed by atoms with E-state index in [0.29, 0.717) is 0 Å². The molecule has 0 saturated carbocycles. The topological polar surface area (TPSA) is 17.8 Å². The maximum Gasteiger partial charge on any atom is 0.110 e. The predicted molar refractivity (Wildman–Crippen MR) is 60.7 cm³/mol. The number of hydrogen-bond donors (Lipinski definition) is 0. The first-order valence-electron chi connectivity index (χ1n) is 4.45. The standard InChI is InChI=1S/C11H11BrN2/c1-8-7-14(9(2)13-8)11-5-3-10(12)4-6-11/h3-7H,1-2H3. The van der Waals surface area contributed by atoms with E-state index in [1.807, 2.05) is 32.2 Å². The van der Waals surface area contributed by atoms with Gasteiger partial charge in [0, 0.05) is 16.4 Å². The van der Waals surface area contributed by atoms with E-state index in [9.17, 15) is 0 Å². The van der Waals surface area contributed by atoms with Crippen LogP contribution in [0.25, 0.3) is 5.69 Å². The van der Waals surface area contributed by atoms with E-state index in [2.05, 4.69) is 37.6 Å². The molecule has 0 spiro atoms. The second-order valence-corrected chi connectivity index (χ2v) is 4.19. The maximum absolute atomic E-state index is 4.36. The Kier molecular flexibility index (Phi) is 2.42. The molecule has 0 aliphatic carbocycles. The van der Waals surface area contributed by atoms with Crippen LogP contribution >= 0.6 is 15.9 Å². The summed E-state index contributed by atoms with van der Waals surface area (Å²) in [6, 6.07) is 8.20. The number of imidazole rings is 1. The summed E-state index contributed by atoms with van der Waals surface area (Å²) in [6.07, 6.45) is 2.04. The van der Waals surface area contributed by atoms with Crippen molar-refractivity contribution in [3.05, 3.63) is 46.5 Å². The van der Waals surface area contributed by atoms with Crippen molar-refractivity contribution in [3.8, 4) is 5.69 Å². The van der Waals surface area contributed by atoms with E-state index >= 15 is 0 Å². The maximum atomic E-state index is 4.36. The fourth-order valence-electron chi connectivity index (χ4n) is 1.48. The zero-order chi connectivity index (χ0) is 10.1. The van der Waals surface area contributed by atoms with Crippen molar-refractivity contribution in [1.82, 2.24) is 9.55 Å².